The lowest BCUT2D eigenvalue weighted by molar-refractivity contribution is -0.149. The highest BCUT2D eigenvalue weighted by molar-refractivity contribution is 6.00. The summed E-state index contributed by atoms with van der Waals surface area (Å²) in [5.74, 6) is -0.481. The van der Waals surface area contributed by atoms with E-state index in [1.54, 1.807) is 18.2 Å². The maximum atomic E-state index is 12.3. The molecule has 0 radical (unpaired) electrons. The molecule has 0 bridgehead atoms. The van der Waals surface area contributed by atoms with Gasteiger partial charge in [0, 0.05) is 11.0 Å². The summed E-state index contributed by atoms with van der Waals surface area (Å²) in [6, 6.07) is 8.04. The van der Waals surface area contributed by atoms with Gasteiger partial charge >= 0.3 is 6.18 Å². The normalized spacial score (nSPS) is 12.6. The lowest BCUT2D eigenvalue weighted by Gasteiger charge is -2.24. The van der Waals surface area contributed by atoms with Gasteiger partial charge in [0.1, 0.15) is 0 Å². The Morgan fingerprint density at radius 3 is 2.06 bits per heavy atom. The van der Waals surface area contributed by atoms with Crippen LogP contribution >= 0.6 is 0 Å². The van der Waals surface area contributed by atoms with Crippen LogP contribution in [0.25, 0.3) is 0 Å². The Morgan fingerprint density at radius 2 is 1.62 bits per heavy atom. The zero-order valence-electron chi connectivity index (χ0n) is 9.14. The fraction of sp³-hybridized carbons (Fsp3) is 0.417. The quantitative estimate of drug-likeness (QED) is 0.721. The number of halogens is 3. The molecule has 0 atom stereocenters. The fourth-order valence-corrected chi connectivity index (χ4v) is 1.56. The molecule has 0 fully saturated rings. The summed E-state index contributed by atoms with van der Waals surface area (Å²) < 4.78 is 36.8. The van der Waals surface area contributed by atoms with Gasteiger partial charge in [-0.05, 0) is 0 Å². The van der Waals surface area contributed by atoms with Gasteiger partial charge in [0.25, 0.3) is 0 Å². The molecule has 88 valence electrons. The van der Waals surface area contributed by atoms with E-state index in [2.05, 4.69) is 0 Å². The Balaban J connectivity index is 2.89. The van der Waals surface area contributed by atoms with Crippen LogP contribution < -0.4 is 0 Å². The average molecular weight is 230 g/mol. The van der Waals surface area contributed by atoms with Gasteiger partial charge in [-0.3, -0.25) is 4.79 Å². The molecular weight excluding hydrogens is 217 g/mol. The van der Waals surface area contributed by atoms with E-state index in [9.17, 15) is 18.0 Å². The number of carbonyl (C=O) groups excluding carboxylic acids is 1. The van der Waals surface area contributed by atoms with E-state index < -0.39 is 23.8 Å². The first kappa shape index (κ1) is 12.7. The first-order valence-electron chi connectivity index (χ1n) is 4.89. The number of hydrogen-bond acceptors (Lipinski definition) is 1. The molecule has 0 heterocycles. The lowest BCUT2D eigenvalue weighted by atomic mass is 9.81. The number of carbonyl (C=O) groups is 1. The van der Waals surface area contributed by atoms with Crippen LogP contribution in [0, 0.1) is 5.41 Å². The van der Waals surface area contributed by atoms with Crippen LogP contribution in [-0.4, -0.2) is 12.0 Å². The number of Topliss-reactive ketones (excluding diaryl/α,β-unsaturated/α-hetero) is 1. The topological polar surface area (TPSA) is 17.1 Å². The second-order valence-electron chi connectivity index (χ2n) is 4.37. The zero-order valence-corrected chi connectivity index (χ0v) is 9.14. The molecule has 1 aromatic rings. The van der Waals surface area contributed by atoms with Crippen molar-refractivity contribution in [2.45, 2.75) is 26.4 Å². The van der Waals surface area contributed by atoms with E-state index in [-0.39, 0.29) is 0 Å². The molecule has 0 amide bonds. The molecule has 0 aliphatic heterocycles. The molecule has 0 aliphatic rings. The average Bonchev–Trinajstić information content (AvgIpc) is 2.14. The molecule has 1 rings (SSSR count). The van der Waals surface area contributed by atoms with Crippen molar-refractivity contribution in [3.8, 4) is 0 Å². The Labute approximate surface area is 92.3 Å². The van der Waals surface area contributed by atoms with Crippen molar-refractivity contribution < 1.29 is 18.0 Å². The number of hydrogen-bond donors (Lipinski definition) is 0. The molecule has 0 aliphatic carbocycles. The van der Waals surface area contributed by atoms with Gasteiger partial charge in [0.2, 0.25) is 0 Å². The van der Waals surface area contributed by atoms with E-state index in [1.807, 2.05) is 0 Å². The molecule has 1 aromatic carbocycles. The van der Waals surface area contributed by atoms with Gasteiger partial charge in [-0.15, -0.1) is 0 Å². The second-order valence-corrected chi connectivity index (χ2v) is 4.37. The van der Waals surface area contributed by atoms with Gasteiger partial charge in [-0.1, -0.05) is 44.2 Å². The maximum absolute atomic E-state index is 12.3. The Bertz CT molecular complexity index is 366. The summed E-state index contributed by atoms with van der Waals surface area (Å²) >= 11 is 0. The van der Waals surface area contributed by atoms with E-state index in [0.29, 0.717) is 5.56 Å². The lowest BCUT2D eigenvalue weighted by Crippen LogP contribution is -2.30. The smallest absolute Gasteiger partial charge is 0.294 e. The van der Waals surface area contributed by atoms with Crippen molar-refractivity contribution in [3.05, 3.63) is 35.9 Å². The summed E-state index contributed by atoms with van der Waals surface area (Å²) in [7, 11) is 0. The van der Waals surface area contributed by atoms with Crippen molar-refractivity contribution >= 4 is 5.78 Å². The predicted octanol–water partition coefficient (Wildman–Crippen LogP) is 3.85. The molecule has 0 saturated carbocycles. The highest BCUT2D eigenvalue weighted by Crippen LogP contribution is 2.35. The van der Waals surface area contributed by atoms with Crippen LogP contribution in [0.5, 0.6) is 0 Å². The fourth-order valence-electron chi connectivity index (χ4n) is 1.56. The zero-order chi connectivity index (χ0) is 12.4. The highest BCUT2D eigenvalue weighted by Gasteiger charge is 2.41. The number of rotatable bonds is 3. The summed E-state index contributed by atoms with van der Waals surface area (Å²) in [6.45, 7) is 2.63. The van der Waals surface area contributed by atoms with Crippen molar-refractivity contribution in [1.29, 1.82) is 0 Å². The van der Waals surface area contributed by atoms with Crippen molar-refractivity contribution in [2.24, 2.45) is 5.41 Å². The summed E-state index contributed by atoms with van der Waals surface area (Å²) in [5.41, 5.74) is -1.10. The minimum atomic E-state index is -4.33. The van der Waals surface area contributed by atoms with Crippen molar-refractivity contribution in [1.82, 2.24) is 0 Å². The molecule has 4 heteroatoms. The van der Waals surface area contributed by atoms with Gasteiger partial charge in [0.15, 0.2) is 5.78 Å². The Kier molecular flexibility index (Phi) is 3.41. The minimum Gasteiger partial charge on any atom is -0.294 e. The van der Waals surface area contributed by atoms with Gasteiger partial charge in [0.05, 0.1) is 6.42 Å². The van der Waals surface area contributed by atoms with Crippen LogP contribution in [0.1, 0.15) is 30.6 Å². The Hall–Kier alpha value is -1.32. The molecular formula is C12H13F3O. The second kappa shape index (κ2) is 4.28. The van der Waals surface area contributed by atoms with Crippen LogP contribution in [0.4, 0.5) is 13.2 Å². The van der Waals surface area contributed by atoms with Gasteiger partial charge < -0.3 is 0 Å². The molecule has 16 heavy (non-hydrogen) atoms. The number of alkyl halides is 3. The molecule has 0 spiro atoms. The van der Waals surface area contributed by atoms with Crippen LogP contribution in [-0.2, 0) is 0 Å². The van der Waals surface area contributed by atoms with Crippen LogP contribution in [0.2, 0.25) is 0 Å². The third-order valence-electron chi connectivity index (χ3n) is 2.29. The van der Waals surface area contributed by atoms with Gasteiger partial charge in [-0.2, -0.15) is 13.2 Å². The first-order valence-corrected chi connectivity index (χ1v) is 4.89. The highest BCUT2D eigenvalue weighted by atomic mass is 19.4. The third-order valence-corrected chi connectivity index (χ3v) is 2.29. The largest absolute Gasteiger partial charge is 0.390 e. The summed E-state index contributed by atoms with van der Waals surface area (Å²) in [6.07, 6.45) is -5.43. The first-order chi connectivity index (χ1) is 7.22. The molecule has 1 nitrogen and oxygen atoms in total. The van der Waals surface area contributed by atoms with E-state index >= 15 is 0 Å². The van der Waals surface area contributed by atoms with Crippen molar-refractivity contribution in [2.75, 3.05) is 0 Å². The maximum Gasteiger partial charge on any atom is 0.390 e. The third kappa shape index (κ3) is 3.36. The van der Waals surface area contributed by atoms with E-state index in [4.69, 9.17) is 0 Å². The monoisotopic (exact) mass is 230 g/mol. The van der Waals surface area contributed by atoms with Gasteiger partial charge in [-0.25, -0.2) is 0 Å². The SMILES string of the molecule is CC(C)(CC(F)(F)F)C(=O)c1ccccc1. The standard InChI is InChI=1S/C12H13F3O/c1-11(2,8-12(13,14)15)10(16)9-6-4-3-5-7-9/h3-7H,8H2,1-2H3. The van der Waals surface area contributed by atoms with Crippen LogP contribution in [0.3, 0.4) is 0 Å². The van der Waals surface area contributed by atoms with E-state index in [0.717, 1.165) is 0 Å². The van der Waals surface area contributed by atoms with E-state index in [1.165, 1.54) is 26.0 Å². The summed E-state index contributed by atoms with van der Waals surface area (Å²) in [4.78, 5) is 11.8. The predicted molar refractivity (Wildman–Crippen MR) is 55.2 cm³/mol. The summed E-state index contributed by atoms with van der Waals surface area (Å²) in [5, 5.41) is 0. The molecule has 0 saturated heterocycles. The van der Waals surface area contributed by atoms with Crippen molar-refractivity contribution in [3.63, 3.8) is 0 Å². The number of benzene rings is 1. The Morgan fingerprint density at radius 1 is 1.12 bits per heavy atom. The number of ketones is 1. The molecule has 0 unspecified atom stereocenters. The van der Waals surface area contributed by atoms with Crippen LogP contribution in [0.15, 0.2) is 30.3 Å². The minimum absolute atomic E-state index is 0.316. The molecule has 0 aromatic heterocycles. The molecule has 0 N–H and O–H groups in total.